The molecule has 0 spiro atoms. The molecule has 41 heavy (non-hydrogen) atoms. The molecule has 7 nitrogen and oxygen atoms in total. The normalized spacial score (nSPS) is 17.0. The van der Waals surface area contributed by atoms with Gasteiger partial charge < -0.3 is 9.47 Å². The van der Waals surface area contributed by atoms with Gasteiger partial charge in [-0.25, -0.2) is 9.07 Å². The molecule has 0 aliphatic carbocycles. The number of halogens is 1. The Bertz CT molecular complexity index is 1550. The SMILES string of the molecule is CC[C@@H]1CN(Cc2cc(C(CC)(CC(=O)OC)c3ccc4c(nnn4CC)c3F)ccc2C)Cc2ccccc2O1. The maximum Gasteiger partial charge on any atom is 0.306 e. The molecule has 4 aromatic rings. The van der Waals surface area contributed by atoms with Crippen molar-refractivity contribution < 1.29 is 18.7 Å². The van der Waals surface area contributed by atoms with Crippen molar-refractivity contribution in [3.63, 3.8) is 0 Å². The highest BCUT2D eigenvalue weighted by molar-refractivity contribution is 5.78. The molecule has 0 fully saturated rings. The van der Waals surface area contributed by atoms with Gasteiger partial charge in [0.15, 0.2) is 5.82 Å². The van der Waals surface area contributed by atoms with E-state index in [2.05, 4.69) is 47.3 Å². The van der Waals surface area contributed by atoms with Gasteiger partial charge in [-0.15, -0.1) is 5.10 Å². The average molecular weight is 559 g/mol. The van der Waals surface area contributed by atoms with Gasteiger partial charge in [0.05, 0.1) is 19.0 Å². The number of hydrogen-bond acceptors (Lipinski definition) is 6. The quantitative estimate of drug-likeness (QED) is 0.224. The number of fused-ring (bicyclic) bond motifs is 2. The number of aromatic nitrogens is 3. The molecule has 0 saturated carbocycles. The lowest BCUT2D eigenvalue weighted by Gasteiger charge is -2.34. The van der Waals surface area contributed by atoms with Crippen molar-refractivity contribution >= 4 is 17.0 Å². The van der Waals surface area contributed by atoms with Crippen LogP contribution in [0.5, 0.6) is 5.75 Å². The van der Waals surface area contributed by atoms with Crippen molar-refractivity contribution in [3.05, 3.63) is 88.2 Å². The monoisotopic (exact) mass is 558 g/mol. The highest BCUT2D eigenvalue weighted by Crippen LogP contribution is 2.43. The van der Waals surface area contributed by atoms with Crippen LogP contribution in [0.25, 0.3) is 11.0 Å². The van der Waals surface area contributed by atoms with Gasteiger partial charge in [0.2, 0.25) is 0 Å². The third kappa shape index (κ3) is 5.45. The minimum absolute atomic E-state index is 0.00960. The Labute approximate surface area is 241 Å². The number of methoxy groups -OCH3 is 1. The van der Waals surface area contributed by atoms with Crippen LogP contribution in [0, 0.1) is 12.7 Å². The van der Waals surface area contributed by atoms with E-state index in [0.29, 0.717) is 30.6 Å². The first-order valence-corrected chi connectivity index (χ1v) is 14.5. The molecule has 0 amide bonds. The number of benzene rings is 3. The first kappa shape index (κ1) is 28.7. The van der Waals surface area contributed by atoms with Crippen LogP contribution in [0.2, 0.25) is 0 Å². The van der Waals surface area contributed by atoms with Gasteiger partial charge in [-0.1, -0.05) is 61.5 Å². The van der Waals surface area contributed by atoms with Crippen molar-refractivity contribution in [1.82, 2.24) is 19.9 Å². The lowest BCUT2D eigenvalue weighted by molar-refractivity contribution is -0.141. The number of rotatable bonds is 9. The fourth-order valence-corrected chi connectivity index (χ4v) is 6.07. The van der Waals surface area contributed by atoms with Gasteiger partial charge in [-0.05, 0) is 55.5 Å². The predicted molar refractivity (Wildman–Crippen MR) is 157 cm³/mol. The third-order valence-electron chi connectivity index (χ3n) is 8.59. The largest absolute Gasteiger partial charge is 0.489 e. The van der Waals surface area contributed by atoms with E-state index in [1.165, 1.54) is 12.7 Å². The van der Waals surface area contributed by atoms with E-state index >= 15 is 4.39 Å². The summed E-state index contributed by atoms with van der Waals surface area (Å²) < 4.78 is 29.4. The third-order valence-corrected chi connectivity index (χ3v) is 8.59. The van der Waals surface area contributed by atoms with Crippen LogP contribution in [-0.4, -0.2) is 45.6 Å². The number of aryl methyl sites for hydroxylation is 2. The summed E-state index contributed by atoms with van der Waals surface area (Å²) in [4.78, 5) is 15.3. The van der Waals surface area contributed by atoms with Crippen molar-refractivity contribution in [1.29, 1.82) is 0 Å². The molecule has 3 aromatic carbocycles. The Morgan fingerprint density at radius 3 is 2.68 bits per heavy atom. The van der Waals surface area contributed by atoms with E-state index < -0.39 is 17.2 Å². The highest BCUT2D eigenvalue weighted by Gasteiger charge is 2.39. The maximum atomic E-state index is 16.3. The van der Waals surface area contributed by atoms with Crippen molar-refractivity contribution in [2.45, 2.75) is 78.1 Å². The maximum absolute atomic E-state index is 16.3. The van der Waals surface area contributed by atoms with Gasteiger partial charge in [0.1, 0.15) is 17.4 Å². The molecule has 5 rings (SSSR count). The Kier molecular flexibility index (Phi) is 8.40. The van der Waals surface area contributed by atoms with Crippen molar-refractivity contribution in [3.8, 4) is 5.75 Å². The molecule has 8 heteroatoms. The fourth-order valence-electron chi connectivity index (χ4n) is 6.07. The molecular weight excluding hydrogens is 519 g/mol. The molecule has 2 atom stereocenters. The molecule has 0 radical (unpaired) electrons. The van der Waals surface area contributed by atoms with Crippen LogP contribution < -0.4 is 4.74 Å². The van der Waals surface area contributed by atoms with Crippen molar-refractivity contribution in [2.75, 3.05) is 13.7 Å². The lowest BCUT2D eigenvalue weighted by atomic mass is 9.69. The highest BCUT2D eigenvalue weighted by atomic mass is 19.1. The topological polar surface area (TPSA) is 69.5 Å². The molecule has 2 heterocycles. The van der Waals surface area contributed by atoms with Gasteiger partial charge in [0, 0.05) is 42.7 Å². The minimum Gasteiger partial charge on any atom is -0.489 e. The second-order valence-corrected chi connectivity index (χ2v) is 11.0. The van der Waals surface area contributed by atoms with Crippen LogP contribution in [0.1, 0.15) is 67.9 Å². The average Bonchev–Trinajstić information content (AvgIpc) is 3.33. The fraction of sp³-hybridized carbons (Fsp3) is 0.424. The number of para-hydroxylation sites is 1. The van der Waals surface area contributed by atoms with Gasteiger partial charge in [-0.2, -0.15) is 0 Å². The first-order chi connectivity index (χ1) is 19.8. The van der Waals surface area contributed by atoms with Crippen LogP contribution >= 0.6 is 0 Å². The molecule has 1 aliphatic rings. The Balaban J connectivity index is 1.58. The summed E-state index contributed by atoms with van der Waals surface area (Å²) in [6, 6.07) is 18.1. The van der Waals surface area contributed by atoms with Crippen LogP contribution in [-0.2, 0) is 34.6 Å². The number of hydrogen-bond donors (Lipinski definition) is 0. The van der Waals surface area contributed by atoms with Crippen molar-refractivity contribution in [2.24, 2.45) is 0 Å². The van der Waals surface area contributed by atoms with E-state index in [9.17, 15) is 4.79 Å². The molecule has 1 unspecified atom stereocenters. The van der Waals surface area contributed by atoms with Crippen LogP contribution in [0.4, 0.5) is 4.39 Å². The Morgan fingerprint density at radius 2 is 1.95 bits per heavy atom. The number of esters is 1. The minimum atomic E-state index is -0.940. The van der Waals surface area contributed by atoms with Crippen LogP contribution in [0.3, 0.4) is 0 Å². The second-order valence-electron chi connectivity index (χ2n) is 11.0. The standard InChI is InChI=1S/C33H39FN4O3/c1-6-26-21-37(19-23-11-9-10-12-29(23)41-26)20-24-17-25(14-13-22(24)4)33(7-2,18-30(39)40-5)27-15-16-28-32(31(27)34)35-36-38(28)8-3/h9-17,26H,6-8,18-21H2,1-5H3/t26-,33?/m1/s1. The molecule has 1 aliphatic heterocycles. The molecule has 0 saturated heterocycles. The van der Waals surface area contributed by atoms with E-state index in [4.69, 9.17) is 9.47 Å². The van der Waals surface area contributed by atoms with Gasteiger partial charge in [-0.3, -0.25) is 9.69 Å². The molecule has 216 valence electrons. The van der Waals surface area contributed by atoms with Gasteiger partial charge in [0.25, 0.3) is 0 Å². The number of carbonyl (C=O) groups is 1. The van der Waals surface area contributed by atoms with E-state index in [1.807, 2.05) is 44.2 Å². The zero-order chi connectivity index (χ0) is 29.1. The first-order valence-electron chi connectivity index (χ1n) is 14.5. The number of carbonyl (C=O) groups excluding carboxylic acids is 1. The van der Waals surface area contributed by atoms with Gasteiger partial charge >= 0.3 is 5.97 Å². The summed E-state index contributed by atoms with van der Waals surface area (Å²) in [6.45, 7) is 11.0. The smallest absolute Gasteiger partial charge is 0.306 e. The predicted octanol–water partition coefficient (Wildman–Crippen LogP) is 6.33. The molecule has 0 N–H and O–H groups in total. The Morgan fingerprint density at radius 1 is 1.15 bits per heavy atom. The molecular formula is C33H39FN4O3. The van der Waals surface area contributed by atoms with E-state index in [-0.39, 0.29) is 18.0 Å². The Hall–Kier alpha value is -3.78. The summed E-state index contributed by atoms with van der Waals surface area (Å²) in [5.41, 5.74) is 4.67. The summed E-state index contributed by atoms with van der Waals surface area (Å²) in [7, 11) is 1.37. The number of nitrogens with zero attached hydrogens (tertiary/aromatic N) is 4. The van der Waals surface area contributed by atoms with Crippen LogP contribution in [0.15, 0.2) is 54.6 Å². The molecule has 1 aromatic heterocycles. The second kappa shape index (κ2) is 12.0. The van der Waals surface area contributed by atoms with E-state index in [1.54, 1.807) is 10.7 Å². The lowest BCUT2D eigenvalue weighted by Crippen LogP contribution is -2.33. The number of ether oxygens (including phenoxy) is 2. The zero-order valence-electron chi connectivity index (χ0n) is 24.6. The summed E-state index contributed by atoms with van der Waals surface area (Å²) >= 11 is 0. The summed E-state index contributed by atoms with van der Waals surface area (Å²) in [5.74, 6) is 0.112. The summed E-state index contributed by atoms with van der Waals surface area (Å²) in [5, 5.41) is 8.27. The van der Waals surface area contributed by atoms with E-state index in [0.717, 1.165) is 42.0 Å². The molecule has 0 bridgehead atoms. The zero-order valence-corrected chi connectivity index (χ0v) is 24.6. The summed E-state index contributed by atoms with van der Waals surface area (Å²) in [6.07, 6.45) is 1.51.